The Kier molecular flexibility index (Phi) is 5.48. The fraction of sp³-hybridized carbons (Fsp3) is 0.385. The predicted molar refractivity (Wildman–Crippen MR) is 136 cm³/mol. The molecule has 186 valence electrons. The zero-order valence-corrected chi connectivity index (χ0v) is 20.5. The normalized spacial score (nSPS) is 20.2. The molecule has 3 heterocycles. The molecule has 2 aromatic heterocycles. The summed E-state index contributed by atoms with van der Waals surface area (Å²) < 4.78 is 22.0. The van der Waals surface area contributed by atoms with E-state index in [4.69, 9.17) is 4.74 Å². The Hall–Kier alpha value is -3.79. The van der Waals surface area contributed by atoms with E-state index in [0.29, 0.717) is 34.2 Å². The summed E-state index contributed by atoms with van der Waals surface area (Å²) in [4.78, 5) is 24.8. The van der Waals surface area contributed by atoms with E-state index < -0.39 is 5.82 Å². The minimum Gasteiger partial charge on any atom is -0.460 e. The Labute approximate surface area is 207 Å². The second kappa shape index (κ2) is 8.70. The molecule has 0 radical (unpaired) electrons. The first-order chi connectivity index (χ1) is 17.3. The number of nitrogens with zero attached hydrogens (tertiary/aromatic N) is 5. The number of aryl methyl sites for hydroxylation is 1. The van der Waals surface area contributed by atoms with Gasteiger partial charge in [-0.05, 0) is 51.0 Å². The Bertz CT molecular complexity index is 1470. The number of benzene rings is 2. The maximum atomic E-state index is 14.6. The summed E-state index contributed by atoms with van der Waals surface area (Å²) in [6.45, 7) is 5.97. The maximum Gasteiger partial charge on any atom is 0.317 e. The Morgan fingerprint density at radius 3 is 2.69 bits per heavy atom. The summed E-state index contributed by atoms with van der Waals surface area (Å²) in [6, 6.07) is 7.62. The third kappa shape index (κ3) is 4.32. The monoisotopic (exact) mass is 489 g/mol. The van der Waals surface area contributed by atoms with Crippen LogP contribution in [-0.2, 0) is 7.05 Å². The molecular weight excluding hydrogens is 461 g/mol. The fourth-order valence-corrected chi connectivity index (χ4v) is 4.95. The van der Waals surface area contributed by atoms with Gasteiger partial charge in [0, 0.05) is 66.8 Å². The first-order valence-corrected chi connectivity index (χ1v) is 12.3. The van der Waals surface area contributed by atoms with E-state index in [1.807, 2.05) is 6.07 Å². The molecule has 4 aromatic rings. The van der Waals surface area contributed by atoms with Crippen molar-refractivity contribution in [1.82, 2.24) is 25.1 Å². The van der Waals surface area contributed by atoms with Gasteiger partial charge in [-0.1, -0.05) is 0 Å². The van der Waals surface area contributed by atoms with E-state index in [0.717, 1.165) is 37.0 Å². The Balaban J connectivity index is 1.39. The molecule has 10 heteroatoms. The predicted octanol–water partition coefficient (Wildman–Crippen LogP) is 3.64. The standard InChI is InChI=1S/C26H28FN7O2/c1-14-11-34(12-15(2)29-14)22-7-6-19(24-20(22)10-28-26(31-24)36-18-4-5-18)25(35)30-17-8-16-13-33(3)32-23(16)21(27)9-17/h6-10,13-15,18,29H,4-5,11-12H2,1-3H3,(H,30,35)/t14-,15-/m0/s1. The van der Waals surface area contributed by atoms with Gasteiger partial charge < -0.3 is 20.3 Å². The SMILES string of the molecule is C[C@H]1CN(c2ccc(C(=O)Nc3cc(F)c4nn(C)cc4c3)c3nc(OC4CC4)ncc23)C[C@H](C)N1. The van der Waals surface area contributed by atoms with Crippen molar-refractivity contribution in [1.29, 1.82) is 0 Å². The molecule has 2 N–H and O–H groups in total. The smallest absolute Gasteiger partial charge is 0.317 e. The van der Waals surface area contributed by atoms with Crippen LogP contribution in [0.2, 0.25) is 0 Å². The van der Waals surface area contributed by atoms with Crippen molar-refractivity contribution in [2.45, 2.75) is 44.9 Å². The van der Waals surface area contributed by atoms with Gasteiger partial charge in [-0.25, -0.2) is 9.37 Å². The van der Waals surface area contributed by atoms with E-state index >= 15 is 0 Å². The number of rotatable bonds is 5. The number of halogens is 1. The Morgan fingerprint density at radius 2 is 1.94 bits per heavy atom. The molecule has 2 atom stereocenters. The van der Waals surface area contributed by atoms with E-state index in [-0.39, 0.29) is 23.5 Å². The van der Waals surface area contributed by atoms with Crippen LogP contribution in [0.5, 0.6) is 6.01 Å². The van der Waals surface area contributed by atoms with Gasteiger partial charge in [-0.2, -0.15) is 10.1 Å². The number of carbonyl (C=O) groups is 1. The number of hydrogen-bond acceptors (Lipinski definition) is 7. The van der Waals surface area contributed by atoms with Crippen LogP contribution in [0.4, 0.5) is 15.8 Å². The van der Waals surface area contributed by atoms with Crippen molar-refractivity contribution in [3.8, 4) is 6.01 Å². The zero-order valence-electron chi connectivity index (χ0n) is 20.5. The van der Waals surface area contributed by atoms with E-state index in [9.17, 15) is 9.18 Å². The molecule has 36 heavy (non-hydrogen) atoms. The highest BCUT2D eigenvalue weighted by molar-refractivity contribution is 6.14. The van der Waals surface area contributed by atoms with Crippen molar-refractivity contribution in [3.05, 3.63) is 48.0 Å². The van der Waals surface area contributed by atoms with E-state index in [2.05, 4.69) is 44.4 Å². The van der Waals surface area contributed by atoms with Gasteiger partial charge in [0.1, 0.15) is 11.6 Å². The molecule has 6 rings (SSSR count). The van der Waals surface area contributed by atoms with Gasteiger partial charge in [0.2, 0.25) is 0 Å². The molecule has 1 aliphatic carbocycles. The van der Waals surface area contributed by atoms with Gasteiger partial charge in [0.05, 0.1) is 11.1 Å². The van der Waals surface area contributed by atoms with Crippen LogP contribution < -0.4 is 20.3 Å². The van der Waals surface area contributed by atoms with Crippen molar-refractivity contribution in [3.63, 3.8) is 0 Å². The molecule has 1 saturated carbocycles. The molecule has 0 unspecified atom stereocenters. The van der Waals surface area contributed by atoms with Gasteiger partial charge in [0.25, 0.3) is 5.91 Å². The molecule has 9 nitrogen and oxygen atoms in total. The molecular formula is C26H28FN7O2. The highest BCUT2D eigenvalue weighted by Gasteiger charge is 2.27. The third-order valence-corrected chi connectivity index (χ3v) is 6.58. The zero-order chi connectivity index (χ0) is 25.0. The van der Waals surface area contributed by atoms with Crippen LogP contribution in [-0.4, -0.2) is 56.9 Å². The number of nitrogens with one attached hydrogen (secondary N) is 2. The highest BCUT2D eigenvalue weighted by atomic mass is 19.1. The quantitative estimate of drug-likeness (QED) is 0.442. The van der Waals surface area contributed by atoms with Gasteiger partial charge in [-0.15, -0.1) is 0 Å². The molecule has 1 aliphatic heterocycles. The molecule has 2 fully saturated rings. The number of fused-ring (bicyclic) bond motifs is 2. The highest BCUT2D eigenvalue weighted by Crippen LogP contribution is 2.32. The molecule has 0 bridgehead atoms. The average molecular weight is 490 g/mol. The molecule has 0 spiro atoms. The summed E-state index contributed by atoms with van der Waals surface area (Å²) in [7, 11) is 1.73. The third-order valence-electron chi connectivity index (χ3n) is 6.58. The Morgan fingerprint density at radius 1 is 1.17 bits per heavy atom. The van der Waals surface area contributed by atoms with Crippen LogP contribution in [0.3, 0.4) is 0 Å². The number of carbonyl (C=O) groups excluding carboxylic acids is 1. The topological polar surface area (TPSA) is 97.2 Å². The number of hydrogen-bond donors (Lipinski definition) is 2. The number of aromatic nitrogens is 4. The summed E-state index contributed by atoms with van der Waals surface area (Å²) in [6.07, 6.45) is 5.54. The maximum absolute atomic E-state index is 14.6. The van der Waals surface area contributed by atoms with Crippen LogP contribution in [0.15, 0.2) is 36.7 Å². The second-order valence-electron chi connectivity index (χ2n) is 9.89. The lowest BCUT2D eigenvalue weighted by Crippen LogP contribution is -2.54. The molecule has 2 aliphatic rings. The number of anilines is 2. The second-order valence-corrected chi connectivity index (χ2v) is 9.89. The molecule has 1 amide bonds. The number of piperazine rings is 1. The first-order valence-electron chi connectivity index (χ1n) is 12.3. The van der Waals surface area contributed by atoms with Crippen LogP contribution in [0.1, 0.15) is 37.0 Å². The van der Waals surface area contributed by atoms with Crippen molar-refractivity contribution >= 4 is 39.1 Å². The minimum absolute atomic E-state index is 0.131. The summed E-state index contributed by atoms with van der Waals surface area (Å²) in [5.41, 5.74) is 2.47. The largest absolute Gasteiger partial charge is 0.460 e. The number of ether oxygens (including phenoxy) is 1. The lowest BCUT2D eigenvalue weighted by Gasteiger charge is -2.38. The van der Waals surface area contributed by atoms with Crippen molar-refractivity contribution in [2.75, 3.05) is 23.3 Å². The van der Waals surface area contributed by atoms with Crippen molar-refractivity contribution < 1.29 is 13.9 Å². The minimum atomic E-state index is -0.493. The van der Waals surface area contributed by atoms with Gasteiger partial charge in [-0.3, -0.25) is 9.48 Å². The van der Waals surface area contributed by atoms with Gasteiger partial charge in [0.15, 0.2) is 5.82 Å². The summed E-state index contributed by atoms with van der Waals surface area (Å²) in [5.74, 6) is -0.875. The van der Waals surface area contributed by atoms with Crippen LogP contribution >= 0.6 is 0 Å². The first kappa shape index (κ1) is 22.7. The summed E-state index contributed by atoms with van der Waals surface area (Å²) >= 11 is 0. The van der Waals surface area contributed by atoms with E-state index in [1.165, 1.54) is 6.07 Å². The fourth-order valence-electron chi connectivity index (χ4n) is 4.95. The summed E-state index contributed by atoms with van der Waals surface area (Å²) in [5, 5.41) is 11.9. The van der Waals surface area contributed by atoms with Crippen LogP contribution in [0.25, 0.3) is 21.8 Å². The average Bonchev–Trinajstić information content (AvgIpc) is 3.55. The van der Waals surface area contributed by atoms with Crippen LogP contribution in [0, 0.1) is 5.82 Å². The molecule has 1 saturated heterocycles. The van der Waals surface area contributed by atoms with Gasteiger partial charge >= 0.3 is 6.01 Å². The van der Waals surface area contributed by atoms with Crippen molar-refractivity contribution in [2.24, 2.45) is 7.05 Å². The number of amides is 1. The molecule has 2 aromatic carbocycles. The lowest BCUT2D eigenvalue weighted by atomic mass is 10.0. The lowest BCUT2D eigenvalue weighted by molar-refractivity contribution is 0.102. The van der Waals surface area contributed by atoms with E-state index in [1.54, 1.807) is 36.3 Å².